The minimum atomic E-state index is 0.421. The summed E-state index contributed by atoms with van der Waals surface area (Å²) < 4.78 is 6.40. The lowest BCUT2D eigenvalue weighted by atomic mass is 9.73. The molecule has 0 radical (unpaired) electrons. The summed E-state index contributed by atoms with van der Waals surface area (Å²) in [6.07, 6.45) is 6.66. The third kappa shape index (κ3) is 3.04. The first-order valence-electron chi connectivity index (χ1n) is 7.73. The Morgan fingerprint density at radius 1 is 1.30 bits per heavy atom. The van der Waals surface area contributed by atoms with Crippen LogP contribution in [0.4, 0.5) is 0 Å². The molecule has 1 fully saturated rings. The molecule has 1 aromatic carbocycles. The van der Waals surface area contributed by atoms with Crippen LogP contribution in [0, 0.1) is 5.41 Å². The minimum Gasteiger partial charge on any atom is -0.496 e. The lowest BCUT2D eigenvalue weighted by Gasteiger charge is -2.38. The molecule has 1 unspecified atom stereocenters. The van der Waals surface area contributed by atoms with Crippen molar-refractivity contribution in [1.29, 1.82) is 0 Å². The van der Waals surface area contributed by atoms with Gasteiger partial charge in [0.1, 0.15) is 5.75 Å². The summed E-state index contributed by atoms with van der Waals surface area (Å²) in [5.74, 6) is 0.904. The van der Waals surface area contributed by atoms with Gasteiger partial charge in [0.2, 0.25) is 0 Å². The normalized spacial score (nSPS) is 19.0. The molecule has 20 heavy (non-hydrogen) atoms. The molecule has 1 atom stereocenters. The first-order chi connectivity index (χ1) is 9.66. The van der Waals surface area contributed by atoms with Gasteiger partial charge in [0, 0.05) is 6.04 Å². The second-order valence-electron chi connectivity index (χ2n) is 5.81. The summed E-state index contributed by atoms with van der Waals surface area (Å²) in [7, 11) is 1.71. The van der Waals surface area contributed by atoms with E-state index in [1.54, 1.807) is 7.11 Å². The van der Waals surface area contributed by atoms with Crippen LogP contribution >= 0.6 is 15.9 Å². The molecule has 1 N–H and O–H groups in total. The number of nitrogens with one attached hydrogen (secondary N) is 1. The fourth-order valence-corrected chi connectivity index (χ4v) is 4.24. The summed E-state index contributed by atoms with van der Waals surface area (Å²) in [5, 5.41) is 3.74. The molecule has 2 rings (SSSR count). The number of hydrogen-bond acceptors (Lipinski definition) is 2. The second-order valence-corrected chi connectivity index (χ2v) is 6.66. The smallest absolute Gasteiger partial charge is 0.133 e. The van der Waals surface area contributed by atoms with Crippen molar-refractivity contribution in [3.63, 3.8) is 0 Å². The van der Waals surface area contributed by atoms with E-state index in [1.807, 2.05) is 0 Å². The van der Waals surface area contributed by atoms with Gasteiger partial charge < -0.3 is 10.1 Å². The SMILES string of the molecule is CCNC(c1ccc(OC)c(Br)c1)C1(CC)CCCC1. The monoisotopic (exact) mass is 339 g/mol. The van der Waals surface area contributed by atoms with E-state index in [4.69, 9.17) is 4.74 Å². The number of methoxy groups -OCH3 is 1. The topological polar surface area (TPSA) is 21.3 Å². The number of benzene rings is 1. The van der Waals surface area contributed by atoms with E-state index >= 15 is 0 Å². The van der Waals surface area contributed by atoms with Crippen LogP contribution in [0.5, 0.6) is 5.75 Å². The highest BCUT2D eigenvalue weighted by Crippen LogP contribution is 2.50. The van der Waals surface area contributed by atoms with Crippen molar-refractivity contribution >= 4 is 15.9 Å². The predicted molar refractivity (Wildman–Crippen MR) is 88.3 cm³/mol. The molecule has 1 aromatic rings. The van der Waals surface area contributed by atoms with Crippen LogP contribution in [0.3, 0.4) is 0 Å². The van der Waals surface area contributed by atoms with E-state index < -0.39 is 0 Å². The summed E-state index contributed by atoms with van der Waals surface area (Å²) in [5.41, 5.74) is 1.80. The molecule has 0 amide bonds. The number of halogens is 1. The molecule has 1 aliphatic rings. The Bertz CT molecular complexity index is 441. The van der Waals surface area contributed by atoms with Crippen molar-refractivity contribution in [3.05, 3.63) is 28.2 Å². The van der Waals surface area contributed by atoms with E-state index in [2.05, 4.69) is 53.3 Å². The van der Waals surface area contributed by atoms with Gasteiger partial charge in [0.15, 0.2) is 0 Å². The van der Waals surface area contributed by atoms with Gasteiger partial charge in [-0.2, -0.15) is 0 Å². The molecule has 0 aromatic heterocycles. The van der Waals surface area contributed by atoms with Gasteiger partial charge >= 0.3 is 0 Å². The van der Waals surface area contributed by atoms with Crippen LogP contribution in [-0.2, 0) is 0 Å². The molecule has 1 aliphatic carbocycles. The van der Waals surface area contributed by atoms with Gasteiger partial charge in [-0.25, -0.2) is 0 Å². The third-order valence-electron chi connectivity index (χ3n) is 4.83. The average molecular weight is 340 g/mol. The Labute approximate surface area is 131 Å². The Morgan fingerprint density at radius 3 is 2.50 bits per heavy atom. The average Bonchev–Trinajstić information content (AvgIpc) is 2.94. The second kappa shape index (κ2) is 6.95. The minimum absolute atomic E-state index is 0.421. The number of ether oxygens (including phenoxy) is 1. The van der Waals surface area contributed by atoms with Crippen LogP contribution in [0.2, 0.25) is 0 Å². The van der Waals surface area contributed by atoms with Crippen molar-refractivity contribution in [1.82, 2.24) is 5.32 Å². The quantitative estimate of drug-likeness (QED) is 0.780. The third-order valence-corrected chi connectivity index (χ3v) is 5.45. The fraction of sp³-hybridized carbons (Fsp3) is 0.647. The van der Waals surface area contributed by atoms with Gasteiger partial charge in [-0.3, -0.25) is 0 Å². The van der Waals surface area contributed by atoms with E-state index in [1.165, 1.54) is 37.7 Å². The summed E-state index contributed by atoms with van der Waals surface area (Å²) in [4.78, 5) is 0. The Kier molecular flexibility index (Phi) is 5.50. The van der Waals surface area contributed by atoms with Gasteiger partial charge in [-0.1, -0.05) is 32.8 Å². The number of hydrogen-bond donors (Lipinski definition) is 1. The molecular weight excluding hydrogens is 314 g/mol. The van der Waals surface area contributed by atoms with Crippen molar-refractivity contribution < 1.29 is 4.74 Å². The highest BCUT2D eigenvalue weighted by atomic mass is 79.9. The summed E-state index contributed by atoms with van der Waals surface area (Å²) >= 11 is 3.62. The van der Waals surface area contributed by atoms with Gasteiger partial charge in [0.05, 0.1) is 11.6 Å². The van der Waals surface area contributed by atoms with Gasteiger partial charge in [-0.05, 0) is 64.8 Å². The summed E-state index contributed by atoms with van der Waals surface area (Å²) in [6.45, 7) is 5.55. The molecule has 0 bridgehead atoms. The highest BCUT2D eigenvalue weighted by Gasteiger charge is 2.40. The number of rotatable bonds is 6. The molecule has 1 saturated carbocycles. The Balaban J connectivity index is 2.35. The van der Waals surface area contributed by atoms with Crippen molar-refractivity contribution in [2.24, 2.45) is 5.41 Å². The lowest BCUT2D eigenvalue weighted by Crippen LogP contribution is -2.36. The molecule has 2 nitrogen and oxygen atoms in total. The molecule has 0 spiro atoms. The van der Waals surface area contributed by atoms with Gasteiger partial charge in [-0.15, -0.1) is 0 Å². The zero-order valence-electron chi connectivity index (χ0n) is 12.8. The maximum absolute atomic E-state index is 5.35. The van der Waals surface area contributed by atoms with Crippen LogP contribution in [0.25, 0.3) is 0 Å². The van der Waals surface area contributed by atoms with Gasteiger partial charge in [0.25, 0.3) is 0 Å². The van der Waals surface area contributed by atoms with Crippen molar-refractivity contribution in [2.45, 2.75) is 52.0 Å². The Hall–Kier alpha value is -0.540. The largest absolute Gasteiger partial charge is 0.496 e. The maximum atomic E-state index is 5.35. The molecule has 0 saturated heterocycles. The van der Waals surface area contributed by atoms with E-state index in [0.717, 1.165) is 16.8 Å². The van der Waals surface area contributed by atoms with Crippen LogP contribution in [0.1, 0.15) is 57.6 Å². The standard InChI is InChI=1S/C17H26BrNO/c1-4-17(10-6-7-11-17)16(19-5-2)13-8-9-15(20-3)14(18)12-13/h8-9,12,16,19H,4-7,10-11H2,1-3H3. The molecule has 0 aliphatic heterocycles. The van der Waals surface area contributed by atoms with E-state index in [-0.39, 0.29) is 0 Å². The first kappa shape index (κ1) is 15.8. The molecule has 112 valence electrons. The molecular formula is C17H26BrNO. The molecule has 0 heterocycles. The predicted octanol–water partition coefficient (Wildman–Crippen LogP) is 5.08. The van der Waals surface area contributed by atoms with E-state index in [0.29, 0.717) is 11.5 Å². The first-order valence-corrected chi connectivity index (χ1v) is 8.53. The zero-order valence-corrected chi connectivity index (χ0v) is 14.4. The summed E-state index contributed by atoms with van der Waals surface area (Å²) in [6, 6.07) is 6.96. The lowest BCUT2D eigenvalue weighted by molar-refractivity contribution is 0.189. The van der Waals surface area contributed by atoms with Crippen LogP contribution in [-0.4, -0.2) is 13.7 Å². The van der Waals surface area contributed by atoms with Crippen molar-refractivity contribution in [3.8, 4) is 5.75 Å². The Morgan fingerprint density at radius 2 is 2.00 bits per heavy atom. The van der Waals surface area contributed by atoms with Crippen LogP contribution in [0.15, 0.2) is 22.7 Å². The van der Waals surface area contributed by atoms with Crippen molar-refractivity contribution in [2.75, 3.05) is 13.7 Å². The molecule has 3 heteroatoms. The fourth-order valence-electron chi connectivity index (χ4n) is 3.68. The van der Waals surface area contributed by atoms with Crippen LogP contribution < -0.4 is 10.1 Å². The highest BCUT2D eigenvalue weighted by molar-refractivity contribution is 9.10. The van der Waals surface area contributed by atoms with E-state index in [9.17, 15) is 0 Å². The maximum Gasteiger partial charge on any atom is 0.133 e. The zero-order chi connectivity index (χ0) is 14.6.